The molecule has 0 aliphatic carbocycles. The average Bonchev–Trinajstić information content (AvgIpc) is 2.08. The van der Waals surface area contributed by atoms with Crippen LogP contribution in [-0.4, -0.2) is 35.8 Å². The molecular weight excluding hydrogens is 671 g/mol. The minimum absolute atomic E-state index is 0. The van der Waals surface area contributed by atoms with E-state index in [1.165, 1.54) is 0 Å². The molecule has 26 heavy (non-hydrogen) atoms. The van der Waals surface area contributed by atoms with Gasteiger partial charge < -0.3 is 59.4 Å². The summed E-state index contributed by atoms with van der Waals surface area (Å²) in [5.74, 6) is -6.50. The first-order chi connectivity index (χ1) is 10.4. The second kappa shape index (κ2) is 44.1. The molecule has 0 rings (SSSR count). The number of carboxylic acids is 6. The van der Waals surface area contributed by atoms with Crippen molar-refractivity contribution in [1.29, 1.82) is 0 Å². The molecule has 0 unspecified atom stereocenters. The van der Waals surface area contributed by atoms with E-state index in [-0.39, 0.29) is 74.6 Å². The largest absolute Gasteiger partial charge is 3.00 e. The van der Waals surface area contributed by atoms with Crippen molar-refractivity contribution in [2.75, 3.05) is 0 Å². The number of carbonyl (C=O) groups is 6. The van der Waals surface area contributed by atoms with Crippen molar-refractivity contribution in [2.45, 2.75) is 41.5 Å². The first-order valence-corrected chi connectivity index (χ1v) is 5.45. The quantitative estimate of drug-likeness (QED) is 0.231. The van der Waals surface area contributed by atoms with Gasteiger partial charge in [-0.25, -0.2) is 0 Å². The van der Waals surface area contributed by atoms with Gasteiger partial charge in [0.2, 0.25) is 0 Å². The van der Waals surface area contributed by atoms with Crippen molar-refractivity contribution in [2.24, 2.45) is 0 Å². The molecule has 0 saturated heterocycles. The number of rotatable bonds is 0. The van der Waals surface area contributed by atoms with Crippen molar-refractivity contribution in [3.63, 3.8) is 0 Å². The first-order valence-electron chi connectivity index (χ1n) is 5.45. The van der Waals surface area contributed by atoms with Gasteiger partial charge in [0.25, 0.3) is 0 Å². The zero-order chi connectivity index (χ0) is 21.5. The van der Waals surface area contributed by atoms with Gasteiger partial charge in [-0.3, -0.25) is 0 Å². The van der Waals surface area contributed by atoms with Crippen molar-refractivity contribution in [1.82, 2.24) is 0 Å². The molecule has 2 radical (unpaired) electrons. The standard InChI is InChI=1S/6C2H4O2.2Er/c6*1-2(3)4;;/h6*1H3,(H,3,4);;/q;;;;;;2*+3/p-6. The van der Waals surface area contributed by atoms with E-state index in [4.69, 9.17) is 59.4 Å². The van der Waals surface area contributed by atoms with Gasteiger partial charge in [0.05, 0.1) is 0 Å². The Kier molecular flexibility index (Phi) is 84.6. The normalized spacial score (nSPS) is 5.77. The molecule has 0 fully saturated rings. The van der Waals surface area contributed by atoms with Crippen LogP contribution in [0.4, 0.5) is 0 Å². The Morgan fingerprint density at radius 2 is 0.346 bits per heavy atom. The maximum absolute atomic E-state index is 8.89. The summed E-state index contributed by atoms with van der Waals surface area (Å²) in [7, 11) is 0. The SMILES string of the molecule is CC(=O)[O-].CC(=O)[O-].CC(=O)[O-].CC(=O)[O-].CC(=O)[O-].CC(=O)[O-].[Er+3].[Er+3]. The minimum atomic E-state index is -1.08. The predicted molar refractivity (Wildman–Crippen MR) is 64.1 cm³/mol. The Morgan fingerprint density at radius 1 is 0.346 bits per heavy atom. The fourth-order valence-corrected chi connectivity index (χ4v) is 0. The van der Waals surface area contributed by atoms with Crippen LogP contribution >= 0.6 is 0 Å². The minimum Gasteiger partial charge on any atom is -0.550 e. The molecule has 0 aromatic heterocycles. The summed E-state index contributed by atoms with van der Waals surface area (Å²) >= 11 is 0. The zero-order valence-electron chi connectivity index (χ0n) is 14.5. The van der Waals surface area contributed by atoms with Crippen LogP contribution in [0.25, 0.3) is 0 Å². The molecule has 0 amide bonds. The van der Waals surface area contributed by atoms with E-state index in [1.54, 1.807) is 0 Å². The van der Waals surface area contributed by atoms with Gasteiger partial charge in [0, 0.05) is 35.8 Å². The summed E-state index contributed by atoms with van der Waals surface area (Å²) in [6.07, 6.45) is 0. The summed E-state index contributed by atoms with van der Waals surface area (Å²) < 4.78 is 0. The zero-order valence-corrected chi connectivity index (χ0v) is 18.2. The molecule has 162 valence electrons. The fourth-order valence-electron chi connectivity index (χ4n) is 0. The van der Waals surface area contributed by atoms with Crippen molar-refractivity contribution in [3.8, 4) is 0 Å². The summed E-state index contributed by atoms with van der Waals surface area (Å²) in [5, 5.41) is 53.3. The molecule has 0 spiro atoms. The van der Waals surface area contributed by atoms with E-state index in [2.05, 4.69) is 0 Å². The predicted octanol–water partition coefficient (Wildman–Crippen LogP) is -7.46. The van der Waals surface area contributed by atoms with Gasteiger partial charge in [-0.15, -0.1) is 0 Å². The number of aliphatic carboxylic acids is 6. The van der Waals surface area contributed by atoms with Crippen LogP contribution in [-0.2, 0) is 28.8 Å². The topological polar surface area (TPSA) is 241 Å². The van der Waals surface area contributed by atoms with E-state index in [1.807, 2.05) is 0 Å². The molecule has 12 nitrogen and oxygen atoms in total. The van der Waals surface area contributed by atoms with E-state index >= 15 is 0 Å². The molecule has 0 aliphatic rings. The van der Waals surface area contributed by atoms with Crippen LogP contribution in [0.5, 0.6) is 0 Å². The Hall–Kier alpha value is -0.686. The van der Waals surface area contributed by atoms with Gasteiger partial charge >= 0.3 is 74.6 Å². The fraction of sp³-hybridized carbons (Fsp3) is 0.500. The maximum atomic E-state index is 8.89. The Balaban J connectivity index is -0.0000000245. The van der Waals surface area contributed by atoms with Gasteiger partial charge in [0.1, 0.15) is 0 Å². The van der Waals surface area contributed by atoms with Gasteiger partial charge in [-0.05, 0) is 41.5 Å². The van der Waals surface area contributed by atoms with Crippen LogP contribution in [0, 0.1) is 74.6 Å². The summed E-state index contributed by atoms with van der Waals surface area (Å²) in [5.41, 5.74) is 0. The Labute approximate surface area is 209 Å². The third-order valence-corrected chi connectivity index (χ3v) is 0. The van der Waals surface area contributed by atoms with Crippen molar-refractivity contribution in [3.05, 3.63) is 0 Å². The molecule has 0 bridgehead atoms. The van der Waals surface area contributed by atoms with E-state index in [9.17, 15) is 0 Å². The molecule has 0 aromatic rings. The number of carbonyl (C=O) groups excluding carboxylic acids is 6. The number of carboxylic acid groups (broad SMARTS) is 6. The molecular formula is C12H18Er2O12. The Morgan fingerprint density at radius 3 is 0.346 bits per heavy atom. The summed E-state index contributed by atoms with van der Waals surface area (Å²) in [6, 6.07) is 0. The molecule has 14 heteroatoms. The third kappa shape index (κ3) is 24600. The van der Waals surface area contributed by atoms with Crippen molar-refractivity contribution < 1.29 is 134 Å². The number of hydrogen-bond donors (Lipinski definition) is 0. The van der Waals surface area contributed by atoms with Crippen molar-refractivity contribution >= 4 is 35.8 Å². The van der Waals surface area contributed by atoms with Crippen LogP contribution in [0.1, 0.15) is 41.5 Å². The second-order valence-corrected chi connectivity index (χ2v) is 2.95. The molecule has 0 saturated carbocycles. The summed E-state index contributed by atoms with van der Waals surface area (Å²) in [6.45, 7) is 5.83. The second-order valence-electron chi connectivity index (χ2n) is 2.95. The molecule has 0 aromatic carbocycles. The third-order valence-electron chi connectivity index (χ3n) is 0. The van der Waals surface area contributed by atoms with Gasteiger partial charge in [-0.2, -0.15) is 0 Å². The number of hydrogen-bond acceptors (Lipinski definition) is 12. The van der Waals surface area contributed by atoms with E-state index in [0.29, 0.717) is 0 Å². The van der Waals surface area contributed by atoms with E-state index < -0.39 is 35.8 Å². The van der Waals surface area contributed by atoms with E-state index in [0.717, 1.165) is 41.5 Å². The van der Waals surface area contributed by atoms with Crippen LogP contribution in [0.3, 0.4) is 0 Å². The summed E-state index contributed by atoms with van der Waals surface area (Å²) in [4.78, 5) is 53.3. The van der Waals surface area contributed by atoms with Gasteiger partial charge in [0.15, 0.2) is 0 Å². The van der Waals surface area contributed by atoms with Gasteiger partial charge in [-0.1, -0.05) is 0 Å². The monoisotopic (exact) mass is 686 g/mol. The van der Waals surface area contributed by atoms with Crippen LogP contribution in [0.2, 0.25) is 0 Å². The smallest absolute Gasteiger partial charge is 0.550 e. The van der Waals surface area contributed by atoms with Crippen LogP contribution < -0.4 is 30.6 Å². The van der Waals surface area contributed by atoms with Crippen LogP contribution in [0.15, 0.2) is 0 Å². The first kappa shape index (κ1) is 49.9. The molecule has 0 N–H and O–H groups in total. The molecule has 0 atom stereocenters. The molecule has 0 aliphatic heterocycles. The Bertz CT molecular complexity index is 265. The molecule has 0 heterocycles. The average molecular weight is 689 g/mol. The maximum Gasteiger partial charge on any atom is 3.00 e.